The van der Waals surface area contributed by atoms with E-state index in [-0.39, 0.29) is 0 Å². The Hall–Kier alpha value is -2.44. The van der Waals surface area contributed by atoms with E-state index >= 15 is 0 Å². The Bertz CT molecular complexity index is 684. The molecule has 0 fully saturated rings. The van der Waals surface area contributed by atoms with Gasteiger partial charge >= 0.3 is 5.97 Å². The summed E-state index contributed by atoms with van der Waals surface area (Å²) in [5.74, 6) is -0.233. The molecule has 0 atom stereocenters. The van der Waals surface area contributed by atoms with Crippen molar-refractivity contribution >= 4 is 23.0 Å². The first kappa shape index (κ1) is 23.6. The number of nitrogen functional groups attached to an aromatic ring is 1. The van der Waals surface area contributed by atoms with Crippen LogP contribution in [0.2, 0.25) is 0 Å². The molecule has 0 radical (unpaired) electrons. The standard InChI is InChI=1S/C16H30O2.C5H5N5/c1-2-3-4-5-6-7-8-9-10-11-12-13-14-15-16(17)18;6-4-3-5(9-1-7-3)10-2-8-4/h7-8H,2-6,9-15H2,1H3,(H,17,18);1-2H,(H3,6,7,8,9,10). The number of hydrogen-bond donors (Lipinski definition) is 3. The summed E-state index contributed by atoms with van der Waals surface area (Å²) in [5.41, 5.74) is 6.78. The number of aromatic amines is 1. The number of H-pyrrole nitrogens is 1. The fraction of sp³-hybridized carbons (Fsp3) is 0.619. The second-order valence-corrected chi connectivity index (χ2v) is 6.88. The topological polar surface area (TPSA) is 118 Å². The summed E-state index contributed by atoms with van der Waals surface area (Å²) in [5, 5.41) is 8.48. The Morgan fingerprint density at radius 2 is 1.64 bits per heavy atom. The van der Waals surface area contributed by atoms with E-state index in [0.29, 0.717) is 23.4 Å². The Morgan fingerprint density at radius 1 is 1.00 bits per heavy atom. The molecule has 4 N–H and O–H groups in total. The maximum Gasteiger partial charge on any atom is 0.303 e. The number of nitrogens with two attached hydrogens (primary N) is 1. The number of hydrogen-bond acceptors (Lipinski definition) is 5. The molecule has 0 saturated carbocycles. The zero-order valence-corrected chi connectivity index (χ0v) is 17.1. The molecule has 0 aliphatic rings. The maximum atomic E-state index is 10.3. The van der Waals surface area contributed by atoms with E-state index in [1.54, 1.807) is 0 Å². The van der Waals surface area contributed by atoms with Crippen molar-refractivity contribution in [2.45, 2.75) is 84.0 Å². The number of nitrogens with one attached hydrogen (secondary N) is 1. The number of carboxylic acid groups (broad SMARTS) is 1. The summed E-state index contributed by atoms with van der Waals surface area (Å²) in [6.07, 6.45) is 21.2. The van der Waals surface area contributed by atoms with Crippen LogP contribution in [0.4, 0.5) is 5.82 Å². The molecule has 0 aliphatic carbocycles. The number of imidazole rings is 1. The van der Waals surface area contributed by atoms with Gasteiger partial charge in [-0.05, 0) is 32.1 Å². The summed E-state index contributed by atoms with van der Waals surface area (Å²) in [6.45, 7) is 2.24. The number of allylic oxidation sites excluding steroid dienone is 2. The molecule has 0 amide bonds. The quantitative estimate of drug-likeness (QED) is 0.317. The fourth-order valence-corrected chi connectivity index (χ4v) is 2.78. The number of fused-ring (bicyclic) bond motifs is 1. The number of aromatic nitrogens is 4. The maximum absolute atomic E-state index is 10.3. The van der Waals surface area contributed by atoms with Gasteiger partial charge in [0.25, 0.3) is 0 Å². The van der Waals surface area contributed by atoms with Crippen molar-refractivity contribution < 1.29 is 9.90 Å². The van der Waals surface area contributed by atoms with Gasteiger partial charge in [0.1, 0.15) is 11.8 Å². The lowest BCUT2D eigenvalue weighted by Crippen LogP contribution is -1.93. The lowest BCUT2D eigenvalue weighted by atomic mass is 10.1. The van der Waals surface area contributed by atoms with Crippen LogP contribution in [0.25, 0.3) is 11.2 Å². The van der Waals surface area contributed by atoms with Gasteiger partial charge in [0, 0.05) is 6.42 Å². The Kier molecular flexibility index (Phi) is 13.1. The van der Waals surface area contributed by atoms with E-state index in [1.807, 2.05) is 0 Å². The summed E-state index contributed by atoms with van der Waals surface area (Å²) >= 11 is 0. The molecule has 7 heteroatoms. The fourth-order valence-electron chi connectivity index (χ4n) is 2.78. The van der Waals surface area contributed by atoms with Gasteiger partial charge in [0.05, 0.1) is 6.33 Å². The van der Waals surface area contributed by atoms with Crippen LogP contribution in [0.15, 0.2) is 24.8 Å². The third-order valence-corrected chi connectivity index (χ3v) is 4.40. The first-order valence-electron chi connectivity index (χ1n) is 10.4. The monoisotopic (exact) mass is 389 g/mol. The van der Waals surface area contributed by atoms with E-state index < -0.39 is 5.97 Å². The van der Waals surface area contributed by atoms with Crippen molar-refractivity contribution in [2.75, 3.05) is 5.73 Å². The average molecular weight is 390 g/mol. The molecule has 0 saturated heterocycles. The zero-order valence-electron chi connectivity index (χ0n) is 17.1. The van der Waals surface area contributed by atoms with Crippen molar-refractivity contribution in [3.63, 3.8) is 0 Å². The van der Waals surface area contributed by atoms with Gasteiger partial charge in [-0.1, -0.05) is 57.6 Å². The van der Waals surface area contributed by atoms with Crippen molar-refractivity contribution in [2.24, 2.45) is 0 Å². The normalized spacial score (nSPS) is 10.9. The Balaban J connectivity index is 0.000000324. The highest BCUT2D eigenvalue weighted by Gasteiger charge is 1.99. The molecule has 2 rings (SSSR count). The minimum atomic E-state index is -0.666. The lowest BCUT2D eigenvalue weighted by Gasteiger charge is -1.98. The molecule has 28 heavy (non-hydrogen) atoms. The number of anilines is 1. The smallest absolute Gasteiger partial charge is 0.303 e. The van der Waals surface area contributed by atoms with Crippen LogP contribution in [0.1, 0.15) is 84.0 Å². The SMILES string of the molecule is CCCCCCC=CCCCCCCCC(=O)O.Nc1ncnc2nc[nH]c12. The van der Waals surface area contributed by atoms with E-state index in [1.165, 1.54) is 70.4 Å². The van der Waals surface area contributed by atoms with Crippen LogP contribution in [0.5, 0.6) is 0 Å². The van der Waals surface area contributed by atoms with Gasteiger partial charge in [-0.15, -0.1) is 0 Å². The van der Waals surface area contributed by atoms with Gasteiger partial charge in [-0.3, -0.25) is 4.79 Å². The van der Waals surface area contributed by atoms with Crippen molar-refractivity contribution in [3.05, 3.63) is 24.8 Å². The number of carbonyl (C=O) groups is 1. The van der Waals surface area contributed by atoms with Gasteiger partial charge in [0.15, 0.2) is 11.5 Å². The number of aliphatic carboxylic acids is 1. The molecule has 2 aromatic rings. The predicted molar refractivity (Wildman–Crippen MR) is 114 cm³/mol. The van der Waals surface area contributed by atoms with Crippen LogP contribution >= 0.6 is 0 Å². The van der Waals surface area contributed by atoms with Crippen molar-refractivity contribution in [1.29, 1.82) is 0 Å². The van der Waals surface area contributed by atoms with Gasteiger partial charge in [-0.2, -0.15) is 0 Å². The van der Waals surface area contributed by atoms with Crippen LogP contribution in [0, 0.1) is 0 Å². The third kappa shape index (κ3) is 11.3. The number of unbranched alkanes of at least 4 members (excludes halogenated alkanes) is 9. The van der Waals surface area contributed by atoms with Crippen LogP contribution in [0.3, 0.4) is 0 Å². The van der Waals surface area contributed by atoms with Crippen LogP contribution in [-0.2, 0) is 4.79 Å². The molecule has 0 aromatic carbocycles. The summed E-state index contributed by atoms with van der Waals surface area (Å²) < 4.78 is 0. The first-order valence-corrected chi connectivity index (χ1v) is 10.4. The molecule has 0 unspecified atom stereocenters. The second-order valence-electron chi connectivity index (χ2n) is 6.88. The lowest BCUT2D eigenvalue weighted by molar-refractivity contribution is -0.137. The zero-order chi connectivity index (χ0) is 20.5. The van der Waals surface area contributed by atoms with Crippen molar-refractivity contribution in [1.82, 2.24) is 19.9 Å². The summed E-state index contributed by atoms with van der Waals surface area (Å²) in [7, 11) is 0. The van der Waals surface area contributed by atoms with Gasteiger partial charge < -0.3 is 15.8 Å². The molecule has 156 valence electrons. The van der Waals surface area contributed by atoms with Crippen LogP contribution < -0.4 is 5.73 Å². The van der Waals surface area contributed by atoms with E-state index in [9.17, 15) is 4.79 Å². The van der Waals surface area contributed by atoms with E-state index in [2.05, 4.69) is 39.0 Å². The van der Waals surface area contributed by atoms with Crippen molar-refractivity contribution in [3.8, 4) is 0 Å². The van der Waals surface area contributed by atoms with Gasteiger partial charge in [0.2, 0.25) is 0 Å². The molecule has 7 nitrogen and oxygen atoms in total. The summed E-state index contributed by atoms with van der Waals surface area (Å²) in [6, 6.07) is 0. The highest BCUT2D eigenvalue weighted by Crippen LogP contribution is 2.10. The molecular weight excluding hydrogens is 354 g/mol. The Morgan fingerprint density at radius 3 is 2.29 bits per heavy atom. The first-order chi connectivity index (χ1) is 13.6. The van der Waals surface area contributed by atoms with Crippen LogP contribution in [-0.4, -0.2) is 31.0 Å². The molecule has 0 bridgehead atoms. The largest absolute Gasteiger partial charge is 0.481 e. The summed E-state index contributed by atoms with van der Waals surface area (Å²) in [4.78, 5) is 24.7. The van der Waals surface area contributed by atoms with E-state index in [4.69, 9.17) is 10.8 Å². The number of carboxylic acids is 1. The number of nitrogens with zero attached hydrogens (tertiary/aromatic N) is 3. The third-order valence-electron chi connectivity index (χ3n) is 4.40. The molecule has 2 aromatic heterocycles. The highest BCUT2D eigenvalue weighted by atomic mass is 16.4. The highest BCUT2D eigenvalue weighted by molar-refractivity contribution is 5.80. The second kappa shape index (κ2) is 15.6. The minimum Gasteiger partial charge on any atom is -0.481 e. The number of rotatable bonds is 13. The molecular formula is C21H35N5O2. The molecule has 0 aliphatic heterocycles. The molecule has 2 heterocycles. The van der Waals surface area contributed by atoms with Gasteiger partial charge in [-0.25, -0.2) is 15.0 Å². The average Bonchev–Trinajstić information content (AvgIpc) is 3.16. The van der Waals surface area contributed by atoms with E-state index in [0.717, 1.165) is 12.8 Å². The Labute approximate surface area is 167 Å². The predicted octanol–water partition coefficient (Wildman–Crippen LogP) is 5.26. The minimum absolute atomic E-state index is 0.331. The molecule has 0 spiro atoms.